The van der Waals surface area contributed by atoms with Gasteiger partial charge in [0.25, 0.3) is 0 Å². The number of likely N-dealkylation sites (N-methyl/N-ethyl adjacent to an activating group) is 1. The number of hydrogen-bond donors (Lipinski definition) is 1. The van der Waals surface area contributed by atoms with Crippen molar-refractivity contribution in [2.75, 3.05) is 27.2 Å². The summed E-state index contributed by atoms with van der Waals surface area (Å²) in [6.45, 7) is 1.32. The minimum atomic E-state index is -1.03. The van der Waals surface area contributed by atoms with Crippen molar-refractivity contribution in [1.82, 2.24) is 4.90 Å². The predicted octanol–water partition coefficient (Wildman–Crippen LogP) is 2.44. The Hall–Kier alpha value is -2.48. The van der Waals surface area contributed by atoms with Crippen molar-refractivity contribution in [3.8, 4) is 23.0 Å². The largest absolute Gasteiger partial charge is 0.454 e. The molecule has 1 N–H and O–H groups in total. The minimum Gasteiger partial charge on any atom is -0.454 e. The number of rotatable bonds is 1. The topological polar surface area (TPSA) is 69.6 Å². The van der Waals surface area contributed by atoms with Crippen LogP contribution in [0.25, 0.3) is 0 Å². The Morgan fingerprint density at radius 1 is 0.963 bits per heavy atom. The number of aliphatic hydroxyl groups is 1. The van der Waals surface area contributed by atoms with E-state index in [1.807, 2.05) is 12.1 Å². The SMILES string of the molecule is CN1CCc2cc3c(cc2[C@H]1[C@@H]1O[C@@H](O)c2c1ccc1c2OCO1)OCO3. The van der Waals surface area contributed by atoms with Gasteiger partial charge < -0.3 is 28.8 Å². The molecular formula is C20H19NO6. The quantitative estimate of drug-likeness (QED) is 0.828. The van der Waals surface area contributed by atoms with Gasteiger partial charge in [-0.2, -0.15) is 0 Å². The van der Waals surface area contributed by atoms with Crippen LogP contribution in [0.3, 0.4) is 0 Å². The third-order valence-corrected chi connectivity index (χ3v) is 5.89. The van der Waals surface area contributed by atoms with Crippen molar-refractivity contribution in [2.24, 2.45) is 0 Å². The lowest BCUT2D eigenvalue weighted by atomic mass is 9.86. The zero-order valence-corrected chi connectivity index (χ0v) is 14.8. The first kappa shape index (κ1) is 15.6. The van der Waals surface area contributed by atoms with Gasteiger partial charge in [-0.05, 0) is 48.4 Å². The van der Waals surface area contributed by atoms with Gasteiger partial charge in [0.15, 0.2) is 29.3 Å². The molecule has 0 aliphatic carbocycles. The van der Waals surface area contributed by atoms with Gasteiger partial charge in [-0.1, -0.05) is 6.07 Å². The first-order valence-electron chi connectivity index (χ1n) is 9.09. The number of hydrogen-bond acceptors (Lipinski definition) is 7. The summed E-state index contributed by atoms with van der Waals surface area (Å²) < 4.78 is 28.2. The number of ether oxygens (including phenoxy) is 5. The zero-order valence-electron chi connectivity index (χ0n) is 14.8. The highest BCUT2D eigenvalue weighted by molar-refractivity contribution is 5.56. The molecular weight excluding hydrogens is 350 g/mol. The summed E-state index contributed by atoms with van der Waals surface area (Å²) in [5.74, 6) is 2.80. The molecule has 0 amide bonds. The fraction of sp³-hybridized carbons (Fsp3) is 0.400. The molecule has 4 aliphatic rings. The first-order chi connectivity index (χ1) is 13.2. The lowest BCUT2D eigenvalue weighted by Gasteiger charge is -2.38. The summed E-state index contributed by atoms with van der Waals surface area (Å²) in [6.07, 6.45) is -0.411. The lowest BCUT2D eigenvalue weighted by Crippen LogP contribution is -2.35. The summed E-state index contributed by atoms with van der Waals surface area (Å²) in [5.41, 5.74) is 4.00. The molecule has 0 fully saturated rings. The van der Waals surface area contributed by atoms with Gasteiger partial charge in [-0.15, -0.1) is 0 Å². The maximum atomic E-state index is 10.6. The Morgan fingerprint density at radius 3 is 2.63 bits per heavy atom. The van der Waals surface area contributed by atoms with Crippen LogP contribution in [0.2, 0.25) is 0 Å². The predicted molar refractivity (Wildman–Crippen MR) is 93.0 cm³/mol. The van der Waals surface area contributed by atoms with E-state index < -0.39 is 6.29 Å². The molecule has 2 aromatic rings. The minimum absolute atomic E-state index is 0.0421. The van der Waals surface area contributed by atoms with E-state index in [2.05, 4.69) is 24.1 Å². The van der Waals surface area contributed by atoms with Gasteiger partial charge in [0.2, 0.25) is 13.6 Å². The van der Waals surface area contributed by atoms with Crippen molar-refractivity contribution >= 4 is 0 Å². The third kappa shape index (κ3) is 2.13. The summed E-state index contributed by atoms with van der Waals surface area (Å²) in [6, 6.07) is 7.94. The van der Waals surface area contributed by atoms with Crippen LogP contribution in [0.15, 0.2) is 24.3 Å². The summed E-state index contributed by atoms with van der Waals surface area (Å²) in [4.78, 5) is 2.27. The van der Waals surface area contributed by atoms with Crippen LogP contribution < -0.4 is 18.9 Å². The van der Waals surface area contributed by atoms with Crippen molar-refractivity contribution in [2.45, 2.75) is 24.9 Å². The smallest absolute Gasteiger partial charge is 0.231 e. The second-order valence-corrected chi connectivity index (χ2v) is 7.29. The molecule has 140 valence electrons. The fourth-order valence-corrected chi connectivity index (χ4v) is 4.60. The molecule has 4 heterocycles. The number of benzene rings is 2. The average Bonchev–Trinajstić information content (AvgIpc) is 3.38. The molecule has 0 aromatic heterocycles. The maximum absolute atomic E-state index is 10.6. The molecule has 7 heteroatoms. The molecule has 7 nitrogen and oxygen atoms in total. The maximum Gasteiger partial charge on any atom is 0.231 e. The molecule has 0 spiro atoms. The van der Waals surface area contributed by atoms with Crippen LogP contribution >= 0.6 is 0 Å². The van der Waals surface area contributed by atoms with Crippen molar-refractivity contribution < 1.29 is 28.8 Å². The molecule has 0 saturated heterocycles. The van der Waals surface area contributed by atoms with Crippen molar-refractivity contribution in [1.29, 1.82) is 0 Å². The van der Waals surface area contributed by atoms with Crippen molar-refractivity contribution in [3.05, 3.63) is 46.5 Å². The highest BCUT2D eigenvalue weighted by Crippen LogP contribution is 2.54. The van der Waals surface area contributed by atoms with Crippen LogP contribution in [0, 0.1) is 0 Å². The number of aliphatic hydroxyl groups excluding tert-OH is 1. The summed E-state index contributed by atoms with van der Waals surface area (Å²) in [7, 11) is 2.08. The Kier molecular flexibility index (Phi) is 3.18. The van der Waals surface area contributed by atoms with E-state index in [1.165, 1.54) is 5.56 Å². The number of fused-ring (bicyclic) bond motifs is 5. The second kappa shape index (κ2) is 5.51. The molecule has 0 radical (unpaired) electrons. The molecule has 0 saturated carbocycles. The molecule has 2 aromatic carbocycles. The Morgan fingerprint density at radius 2 is 1.74 bits per heavy atom. The summed E-state index contributed by atoms with van der Waals surface area (Å²) in [5, 5.41) is 10.6. The molecule has 3 atom stereocenters. The second-order valence-electron chi connectivity index (χ2n) is 7.29. The van der Waals surface area contributed by atoms with Gasteiger partial charge in [0, 0.05) is 6.54 Å². The van der Waals surface area contributed by atoms with Gasteiger partial charge in [-0.25, -0.2) is 0 Å². The van der Waals surface area contributed by atoms with E-state index in [9.17, 15) is 5.11 Å². The number of nitrogens with zero attached hydrogens (tertiary/aromatic N) is 1. The third-order valence-electron chi connectivity index (χ3n) is 5.89. The summed E-state index contributed by atoms with van der Waals surface area (Å²) >= 11 is 0. The van der Waals surface area contributed by atoms with Crippen LogP contribution in [0.4, 0.5) is 0 Å². The van der Waals surface area contributed by atoms with Gasteiger partial charge >= 0.3 is 0 Å². The Bertz CT molecular complexity index is 945. The zero-order chi connectivity index (χ0) is 18.1. The molecule has 27 heavy (non-hydrogen) atoms. The van der Waals surface area contributed by atoms with Crippen molar-refractivity contribution in [3.63, 3.8) is 0 Å². The Labute approximate surface area is 156 Å². The average molecular weight is 369 g/mol. The van der Waals surface area contributed by atoms with Crippen LogP contribution in [0.1, 0.15) is 40.7 Å². The van der Waals surface area contributed by atoms with Gasteiger partial charge in [0.05, 0.1) is 11.6 Å². The monoisotopic (exact) mass is 369 g/mol. The molecule has 4 aliphatic heterocycles. The fourth-order valence-electron chi connectivity index (χ4n) is 4.60. The molecule has 0 bridgehead atoms. The van der Waals surface area contributed by atoms with E-state index in [0.29, 0.717) is 17.1 Å². The van der Waals surface area contributed by atoms with E-state index in [-0.39, 0.29) is 25.7 Å². The van der Waals surface area contributed by atoms with Gasteiger partial charge in [0.1, 0.15) is 6.10 Å². The van der Waals surface area contributed by atoms with E-state index >= 15 is 0 Å². The van der Waals surface area contributed by atoms with E-state index in [0.717, 1.165) is 35.6 Å². The highest BCUT2D eigenvalue weighted by atomic mass is 16.7. The molecule has 0 unspecified atom stereocenters. The standard InChI is InChI=1S/C20H19NO6/c1-21-5-4-10-6-14-15(25-8-24-14)7-12(10)17(21)18-11-2-3-13-19(26-9-23-13)16(11)20(22)27-18/h2-3,6-7,17-18,20,22H,4-5,8-9H2,1H3/t17-,18+,20+/m0/s1. The lowest BCUT2D eigenvalue weighted by molar-refractivity contribution is -0.142. The van der Waals surface area contributed by atoms with Crippen LogP contribution in [-0.4, -0.2) is 37.2 Å². The Balaban J connectivity index is 1.48. The normalized spacial score (nSPS) is 27.6. The van der Waals surface area contributed by atoms with Crippen LogP contribution in [-0.2, 0) is 11.2 Å². The van der Waals surface area contributed by atoms with Crippen LogP contribution in [0.5, 0.6) is 23.0 Å². The molecule has 6 rings (SSSR count). The van der Waals surface area contributed by atoms with Gasteiger partial charge in [-0.3, -0.25) is 4.90 Å². The van der Waals surface area contributed by atoms with E-state index in [4.69, 9.17) is 23.7 Å². The highest BCUT2D eigenvalue weighted by Gasteiger charge is 2.44. The first-order valence-corrected chi connectivity index (χ1v) is 9.09. The van der Waals surface area contributed by atoms with E-state index in [1.54, 1.807) is 0 Å².